The minimum Gasteiger partial charge on any atom is -0.339 e. The van der Waals surface area contributed by atoms with Crippen LogP contribution < -0.4 is 5.32 Å². The highest BCUT2D eigenvalue weighted by molar-refractivity contribution is 6.31. The molecule has 1 unspecified atom stereocenters. The lowest BCUT2D eigenvalue weighted by molar-refractivity contribution is -0.129. The molecule has 1 aromatic carbocycles. The van der Waals surface area contributed by atoms with Crippen molar-refractivity contribution in [3.05, 3.63) is 29.0 Å². The van der Waals surface area contributed by atoms with Crippen molar-refractivity contribution in [3.8, 4) is 0 Å². The molecule has 1 atom stereocenters. The van der Waals surface area contributed by atoms with Crippen LogP contribution in [0.2, 0.25) is 5.02 Å². The zero-order valence-electron chi connectivity index (χ0n) is 12.1. The first-order valence-corrected chi connectivity index (χ1v) is 7.98. The van der Waals surface area contributed by atoms with Crippen LogP contribution in [0, 0.1) is 11.7 Å². The van der Waals surface area contributed by atoms with Crippen molar-refractivity contribution < 1.29 is 14.0 Å². The second-order valence-electron chi connectivity index (χ2n) is 5.98. The minimum absolute atomic E-state index is 0.0265. The van der Waals surface area contributed by atoms with Crippen LogP contribution in [0.1, 0.15) is 32.1 Å². The van der Waals surface area contributed by atoms with Crippen LogP contribution in [0.4, 0.5) is 10.1 Å². The molecule has 0 radical (unpaired) electrons. The molecule has 0 spiro atoms. The molecule has 2 amide bonds. The van der Waals surface area contributed by atoms with Gasteiger partial charge in [0, 0.05) is 19.0 Å². The highest BCUT2D eigenvalue weighted by Crippen LogP contribution is 2.30. The maximum Gasteiger partial charge on any atom is 0.229 e. The number of hydrogen-bond acceptors (Lipinski definition) is 2. The molecule has 1 saturated heterocycles. The Kier molecular flexibility index (Phi) is 4.34. The van der Waals surface area contributed by atoms with Gasteiger partial charge >= 0.3 is 0 Å². The van der Waals surface area contributed by atoms with Crippen molar-refractivity contribution in [2.24, 2.45) is 5.92 Å². The van der Waals surface area contributed by atoms with E-state index in [0.29, 0.717) is 6.54 Å². The molecule has 1 aromatic rings. The van der Waals surface area contributed by atoms with E-state index >= 15 is 0 Å². The summed E-state index contributed by atoms with van der Waals surface area (Å²) < 4.78 is 13.8. The predicted octanol–water partition coefficient (Wildman–Crippen LogP) is 3.21. The maximum atomic E-state index is 13.8. The van der Waals surface area contributed by atoms with Crippen molar-refractivity contribution in [1.29, 1.82) is 0 Å². The zero-order valence-corrected chi connectivity index (χ0v) is 12.9. The van der Waals surface area contributed by atoms with Gasteiger partial charge in [-0.15, -0.1) is 0 Å². The highest BCUT2D eigenvalue weighted by atomic mass is 35.5. The van der Waals surface area contributed by atoms with Gasteiger partial charge in [0.15, 0.2) is 5.82 Å². The summed E-state index contributed by atoms with van der Waals surface area (Å²) in [6, 6.07) is 4.73. The molecule has 1 heterocycles. The summed E-state index contributed by atoms with van der Waals surface area (Å²) in [7, 11) is 0. The van der Waals surface area contributed by atoms with Crippen molar-refractivity contribution in [2.75, 3.05) is 11.9 Å². The molecule has 1 saturated carbocycles. The number of nitrogens with one attached hydrogen (secondary N) is 1. The van der Waals surface area contributed by atoms with Gasteiger partial charge < -0.3 is 10.2 Å². The standard InChI is InChI=1S/C16H18ClFN2O2/c17-12-6-3-7-13(15(12)18)19-16(22)10-8-14(21)20(9-10)11-4-1-2-5-11/h3,6-7,10-11H,1-2,4-5,8-9H2,(H,19,22). The van der Waals surface area contributed by atoms with Crippen molar-refractivity contribution in [2.45, 2.75) is 38.1 Å². The van der Waals surface area contributed by atoms with Gasteiger partial charge in [-0.2, -0.15) is 0 Å². The van der Waals surface area contributed by atoms with Crippen LogP contribution >= 0.6 is 11.6 Å². The SMILES string of the molecule is O=C(Nc1cccc(Cl)c1F)C1CC(=O)N(C2CCCC2)C1. The van der Waals surface area contributed by atoms with Crippen molar-refractivity contribution >= 4 is 29.1 Å². The topological polar surface area (TPSA) is 49.4 Å². The summed E-state index contributed by atoms with van der Waals surface area (Å²) in [5.74, 6) is -1.37. The Morgan fingerprint density at radius 1 is 1.32 bits per heavy atom. The molecular weight excluding hydrogens is 307 g/mol. The fraction of sp³-hybridized carbons (Fsp3) is 0.500. The van der Waals surface area contributed by atoms with Gasteiger partial charge in [0.25, 0.3) is 0 Å². The Morgan fingerprint density at radius 3 is 2.77 bits per heavy atom. The number of carbonyl (C=O) groups excluding carboxylic acids is 2. The average molecular weight is 325 g/mol. The Morgan fingerprint density at radius 2 is 2.05 bits per heavy atom. The molecule has 2 aliphatic rings. The minimum atomic E-state index is -0.644. The molecule has 22 heavy (non-hydrogen) atoms. The molecular formula is C16H18ClFN2O2. The second-order valence-corrected chi connectivity index (χ2v) is 6.38. The third kappa shape index (κ3) is 2.95. The first kappa shape index (κ1) is 15.3. The van der Waals surface area contributed by atoms with E-state index in [-0.39, 0.29) is 35.0 Å². The summed E-state index contributed by atoms with van der Waals surface area (Å²) in [6.45, 7) is 0.428. The summed E-state index contributed by atoms with van der Waals surface area (Å²) in [6.07, 6.45) is 4.51. The summed E-state index contributed by atoms with van der Waals surface area (Å²) in [4.78, 5) is 26.2. The fourth-order valence-electron chi connectivity index (χ4n) is 3.31. The van der Waals surface area contributed by atoms with E-state index in [1.807, 2.05) is 4.90 Å². The molecule has 1 N–H and O–H groups in total. The van der Waals surface area contributed by atoms with Gasteiger partial charge in [0.2, 0.25) is 11.8 Å². The number of amides is 2. The second kappa shape index (κ2) is 6.24. The summed E-state index contributed by atoms with van der Waals surface area (Å²) in [5.41, 5.74) is 0.0595. The Hall–Kier alpha value is -1.62. The lowest BCUT2D eigenvalue weighted by Gasteiger charge is -2.23. The normalized spacial score (nSPS) is 22.4. The zero-order chi connectivity index (χ0) is 15.7. The highest BCUT2D eigenvalue weighted by Gasteiger charge is 2.38. The van der Waals surface area contributed by atoms with Gasteiger partial charge in [-0.25, -0.2) is 4.39 Å². The number of hydrogen-bond donors (Lipinski definition) is 1. The van der Waals surface area contributed by atoms with Gasteiger partial charge in [0.1, 0.15) is 0 Å². The smallest absolute Gasteiger partial charge is 0.229 e. The largest absolute Gasteiger partial charge is 0.339 e. The number of likely N-dealkylation sites (tertiary alicyclic amines) is 1. The number of benzene rings is 1. The molecule has 1 aliphatic carbocycles. The number of nitrogens with zero attached hydrogens (tertiary/aromatic N) is 1. The maximum absolute atomic E-state index is 13.8. The van der Waals surface area contributed by atoms with Gasteiger partial charge in [-0.1, -0.05) is 30.5 Å². The summed E-state index contributed by atoms with van der Waals surface area (Å²) in [5, 5.41) is 2.51. The Labute approximate surface area is 133 Å². The lowest BCUT2D eigenvalue weighted by Crippen LogP contribution is -2.35. The van der Waals surface area contributed by atoms with Crippen LogP contribution in [-0.4, -0.2) is 29.3 Å². The molecule has 2 fully saturated rings. The van der Waals surface area contributed by atoms with E-state index in [0.717, 1.165) is 25.7 Å². The molecule has 3 rings (SSSR count). The van der Waals surface area contributed by atoms with E-state index in [4.69, 9.17) is 11.6 Å². The number of rotatable bonds is 3. The molecule has 0 aromatic heterocycles. The molecule has 1 aliphatic heterocycles. The van der Waals surface area contributed by atoms with Crippen LogP contribution in [0.3, 0.4) is 0 Å². The quantitative estimate of drug-likeness (QED) is 0.928. The van der Waals surface area contributed by atoms with E-state index < -0.39 is 11.7 Å². The molecule has 4 nitrogen and oxygen atoms in total. The van der Waals surface area contributed by atoms with E-state index in [1.54, 1.807) is 6.07 Å². The average Bonchev–Trinajstić information content (AvgIpc) is 3.12. The van der Waals surface area contributed by atoms with Crippen LogP contribution in [0.25, 0.3) is 0 Å². The number of anilines is 1. The van der Waals surface area contributed by atoms with Crippen LogP contribution in [0.15, 0.2) is 18.2 Å². The Bertz CT molecular complexity index is 602. The third-order valence-electron chi connectivity index (χ3n) is 4.50. The lowest BCUT2D eigenvalue weighted by atomic mass is 10.1. The first-order chi connectivity index (χ1) is 10.6. The molecule has 6 heteroatoms. The summed E-state index contributed by atoms with van der Waals surface area (Å²) >= 11 is 5.70. The molecule has 0 bridgehead atoms. The monoisotopic (exact) mass is 324 g/mol. The van der Waals surface area contributed by atoms with Crippen LogP contribution in [-0.2, 0) is 9.59 Å². The third-order valence-corrected chi connectivity index (χ3v) is 4.80. The first-order valence-electron chi connectivity index (χ1n) is 7.60. The van der Waals surface area contributed by atoms with Crippen LogP contribution in [0.5, 0.6) is 0 Å². The van der Waals surface area contributed by atoms with Gasteiger partial charge in [-0.3, -0.25) is 9.59 Å². The van der Waals surface area contributed by atoms with Crippen molar-refractivity contribution in [3.63, 3.8) is 0 Å². The van der Waals surface area contributed by atoms with E-state index in [2.05, 4.69) is 5.32 Å². The molecule has 118 valence electrons. The predicted molar refractivity (Wildman–Crippen MR) is 82.1 cm³/mol. The van der Waals surface area contributed by atoms with Gasteiger partial charge in [-0.05, 0) is 25.0 Å². The number of carbonyl (C=O) groups is 2. The number of halogens is 2. The van der Waals surface area contributed by atoms with E-state index in [1.165, 1.54) is 12.1 Å². The van der Waals surface area contributed by atoms with Crippen molar-refractivity contribution in [1.82, 2.24) is 4.90 Å². The van der Waals surface area contributed by atoms with Gasteiger partial charge in [0.05, 0.1) is 16.6 Å². The van der Waals surface area contributed by atoms with E-state index in [9.17, 15) is 14.0 Å². The Balaban J connectivity index is 1.66. The fourth-order valence-corrected chi connectivity index (χ4v) is 3.49.